The Morgan fingerprint density at radius 2 is 2.04 bits per heavy atom. The van der Waals surface area contributed by atoms with E-state index in [0.717, 1.165) is 12.8 Å². The Bertz CT molecular complexity index is 1050. The number of esters is 1. The van der Waals surface area contributed by atoms with E-state index in [1.54, 1.807) is 35.8 Å². The van der Waals surface area contributed by atoms with Crippen LogP contribution in [0.25, 0.3) is 4.96 Å². The maximum Gasteiger partial charge on any atom is 0.338 e. The summed E-state index contributed by atoms with van der Waals surface area (Å²) in [5.74, 6) is -0.677. The molecular weight excluding hydrogens is 378 g/mol. The summed E-state index contributed by atoms with van der Waals surface area (Å²) in [6, 6.07) is 7.94. The summed E-state index contributed by atoms with van der Waals surface area (Å²) in [6.45, 7) is 3.83. The second-order valence-corrected chi connectivity index (χ2v) is 7.17. The van der Waals surface area contributed by atoms with Crippen LogP contribution in [0.2, 0.25) is 0 Å². The van der Waals surface area contributed by atoms with Gasteiger partial charge in [-0.2, -0.15) is 0 Å². The first kappa shape index (κ1) is 19.8. The van der Waals surface area contributed by atoms with Crippen molar-refractivity contribution in [2.75, 3.05) is 5.32 Å². The van der Waals surface area contributed by atoms with E-state index in [1.807, 2.05) is 13.8 Å². The Morgan fingerprint density at radius 1 is 1.25 bits per heavy atom. The average molecular weight is 399 g/mol. The standard InChI is InChI=1S/C20H21N3O4S/c1-3-13(4-2)18(25)21-15-7-5-6-14(10-15)19(26)27-12-16-11-17(24)23-8-9-28-20(23)22-16/h5-11,13H,3-4,12H2,1-2H3,(H,21,25). The highest BCUT2D eigenvalue weighted by Gasteiger charge is 2.15. The van der Waals surface area contributed by atoms with Crippen molar-refractivity contribution in [3.63, 3.8) is 0 Å². The monoisotopic (exact) mass is 399 g/mol. The Balaban J connectivity index is 1.67. The SMILES string of the molecule is CCC(CC)C(=O)Nc1cccc(C(=O)OCc2cc(=O)n3ccsc3n2)c1. The molecule has 0 aliphatic heterocycles. The van der Waals surface area contributed by atoms with Gasteiger partial charge in [-0.1, -0.05) is 19.9 Å². The van der Waals surface area contributed by atoms with E-state index in [0.29, 0.717) is 21.9 Å². The Morgan fingerprint density at radius 3 is 2.79 bits per heavy atom. The number of anilines is 1. The van der Waals surface area contributed by atoms with Crippen molar-refractivity contribution in [2.45, 2.75) is 33.3 Å². The van der Waals surface area contributed by atoms with Crippen LogP contribution in [-0.4, -0.2) is 21.3 Å². The Hall–Kier alpha value is -3.00. The summed E-state index contributed by atoms with van der Waals surface area (Å²) in [6.07, 6.45) is 3.16. The van der Waals surface area contributed by atoms with E-state index in [9.17, 15) is 14.4 Å². The molecule has 0 aliphatic rings. The fraction of sp³-hybridized carbons (Fsp3) is 0.300. The van der Waals surface area contributed by atoms with Crippen LogP contribution in [0.3, 0.4) is 0 Å². The van der Waals surface area contributed by atoms with E-state index >= 15 is 0 Å². The third kappa shape index (κ3) is 4.45. The second-order valence-electron chi connectivity index (χ2n) is 6.30. The summed E-state index contributed by atoms with van der Waals surface area (Å²) in [5.41, 5.74) is 1.03. The van der Waals surface area contributed by atoms with Crippen LogP contribution < -0.4 is 10.9 Å². The van der Waals surface area contributed by atoms with E-state index < -0.39 is 5.97 Å². The molecular formula is C20H21N3O4S. The molecule has 0 atom stereocenters. The van der Waals surface area contributed by atoms with Crippen molar-refractivity contribution in [3.8, 4) is 0 Å². The number of amides is 1. The predicted octanol–water partition coefficient (Wildman–Crippen LogP) is 3.49. The van der Waals surface area contributed by atoms with Crippen molar-refractivity contribution in [1.82, 2.24) is 9.38 Å². The lowest BCUT2D eigenvalue weighted by Gasteiger charge is -2.13. The van der Waals surface area contributed by atoms with E-state index in [-0.39, 0.29) is 24.0 Å². The normalized spacial score (nSPS) is 11.0. The summed E-state index contributed by atoms with van der Waals surface area (Å²) in [4.78, 5) is 41.4. The maximum atomic E-state index is 12.4. The van der Waals surface area contributed by atoms with Crippen molar-refractivity contribution in [1.29, 1.82) is 0 Å². The van der Waals surface area contributed by atoms with Gasteiger partial charge in [-0.15, -0.1) is 11.3 Å². The molecule has 28 heavy (non-hydrogen) atoms. The number of fused-ring (bicyclic) bond motifs is 1. The molecule has 1 N–H and O–H groups in total. The molecule has 8 heteroatoms. The molecule has 0 radical (unpaired) electrons. The maximum absolute atomic E-state index is 12.4. The molecule has 2 heterocycles. The number of ether oxygens (including phenoxy) is 1. The Kier molecular flexibility index (Phi) is 6.20. The first-order valence-corrected chi connectivity index (χ1v) is 9.93. The third-order valence-corrected chi connectivity index (χ3v) is 5.19. The predicted molar refractivity (Wildman–Crippen MR) is 108 cm³/mol. The van der Waals surface area contributed by atoms with Gasteiger partial charge in [-0.3, -0.25) is 14.0 Å². The lowest BCUT2D eigenvalue weighted by atomic mass is 10.0. The third-order valence-electron chi connectivity index (χ3n) is 4.43. The summed E-state index contributed by atoms with van der Waals surface area (Å²) in [5, 5.41) is 4.60. The largest absolute Gasteiger partial charge is 0.456 e. The number of benzene rings is 1. The zero-order chi connectivity index (χ0) is 20.1. The first-order valence-electron chi connectivity index (χ1n) is 9.05. The van der Waals surface area contributed by atoms with Crippen LogP contribution in [0, 0.1) is 5.92 Å². The van der Waals surface area contributed by atoms with Crippen LogP contribution in [0.1, 0.15) is 42.7 Å². The minimum absolute atomic E-state index is 0.0620. The van der Waals surface area contributed by atoms with Crippen LogP contribution in [-0.2, 0) is 16.1 Å². The molecule has 1 amide bonds. The lowest BCUT2D eigenvalue weighted by Crippen LogP contribution is -2.21. The fourth-order valence-corrected chi connectivity index (χ4v) is 3.55. The molecule has 7 nitrogen and oxygen atoms in total. The molecule has 0 saturated carbocycles. The first-order chi connectivity index (χ1) is 13.5. The molecule has 1 aromatic carbocycles. The van der Waals surface area contributed by atoms with Crippen LogP contribution in [0.4, 0.5) is 5.69 Å². The molecule has 0 fully saturated rings. The van der Waals surface area contributed by atoms with Gasteiger partial charge in [0.1, 0.15) is 6.61 Å². The van der Waals surface area contributed by atoms with Gasteiger partial charge in [0.2, 0.25) is 5.91 Å². The number of carbonyl (C=O) groups excluding carboxylic acids is 2. The van der Waals surface area contributed by atoms with Gasteiger partial charge in [0, 0.05) is 29.2 Å². The van der Waals surface area contributed by atoms with E-state index in [2.05, 4.69) is 10.3 Å². The van der Waals surface area contributed by atoms with E-state index in [1.165, 1.54) is 21.8 Å². The van der Waals surface area contributed by atoms with Gasteiger partial charge in [0.15, 0.2) is 4.96 Å². The zero-order valence-electron chi connectivity index (χ0n) is 15.7. The minimum Gasteiger partial charge on any atom is -0.456 e. The molecule has 0 bridgehead atoms. The number of aromatic nitrogens is 2. The van der Waals surface area contributed by atoms with E-state index in [4.69, 9.17) is 4.74 Å². The highest BCUT2D eigenvalue weighted by molar-refractivity contribution is 7.15. The smallest absolute Gasteiger partial charge is 0.338 e. The van der Waals surface area contributed by atoms with Gasteiger partial charge in [-0.25, -0.2) is 9.78 Å². The van der Waals surface area contributed by atoms with Crippen molar-refractivity contribution >= 4 is 33.9 Å². The minimum atomic E-state index is -0.549. The van der Waals surface area contributed by atoms with Gasteiger partial charge in [0.25, 0.3) is 5.56 Å². The van der Waals surface area contributed by atoms with Gasteiger partial charge >= 0.3 is 5.97 Å². The highest BCUT2D eigenvalue weighted by Crippen LogP contribution is 2.16. The van der Waals surface area contributed by atoms with Gasteiger partial charge in [0.05, 0.1) is 11.3 Å². The number of nitrogens with one attached hydrogen (secondary N) is 1. The van der Waals surface area contributed by atoms with Crippen molar-refractivity contribution in [3.05, 3.63) is 63.5 Å². The number of hydrogen-bond acceptors (Lipinski definition) is 6. The molecule has 0 unspecified atom stereocenters. The number of hydrogen-bond donors (Lipinski definition) is 1. The molecule has 2 aromatic heterocycles. The number of nitrogens with zero attached hydrogens (tertiary/aromatic N) is 2. The van der Waals surface area contributed by atoms with Crippen molar-refractivity contribution in [2.24, 2.45) is 5.92 Å². The lowest BCUT2D eigenvalue weighted by molar-refractivity contribution is -0.120. The number of thiazole rings is 1. The van der Waals surface area contributed by atoms with Crippen LogP contribution in [0.15, 0.2) is 46.7 Å². The molecule has 0 spiro atoms. The van der Waals surface area contributed by atoms with Gasteiger partial charge < -0.3 is 10.1 Å². The molecule has 0 saturated heterocycles. The Labute approximate surface area is 166 Å². The molecule has 0 aliphatic carbocycles. The highest BCUT2D eigenvalue weighted by atomic mass is 32.1. The topological polar surface area (TPSA) is 89.8 Å². The molecule has 3 aromatic rings. The summed E-state index contributed by atoms with van der Waals surface area (Å²) in [7, 11) is 0. The fourth-order valence-electron chi connectivity index (χ4n) is 2.81. The number of carbonyl (C=O) groups is 2. The zero-order valence-corrected chi connectivity index (χ0v) is 16.5. The quantitative estimate of drug-likeness (QED) is 0.614. The van der Waals surface area contributed by atoms with Gasteiger partial charge in [-0.05, 0) is 31.0 Å². The molecule has 3 rings (SSSR count). The van der Waals surface area contributed by atoms with Crippen molar-refractivity contribution < 1.29 is 14.3 Å². The van der Waals surface area contributed by atoms with Crippen LogP contribution in [0.5, 0.6) is 0 Å². The second kappa shape index (κ2) is 8.79. The number of rotatable bonds is 7. The average Bonchev–Trinajstić information content (AvgIpc) is 3.16. The van der Waals surface area contributed by atoms with Crippen LogP contribution >= 0.6 is 11.3 Å². The summed E-state index contributed by atoms with van der Waals surface area (Å²) < 4.78 is 6.72. The summed E-state index contributed by atoms with van der Waals surface area (Å²) >= 11 is 1.33. The molecule has 146 valence electrons.